The normalized spacial score (nSPS) is 11.9. The second kappa shape index (κ2) is 41.3. The summed E-state index contributed by atoms with van der Waals surface area (Å²) in [6.45, 7) is 16.6. The highest BCUT2D eigenvalue weighted by atomic mass is 35.5. The van der Waals surface area contributed by atoms with E-state index in [1.54, 1.807) is 27.4 Å². The molecule has 0 amide bonds. The lowest BCUT2D eigenvalue weighted by Crippen LogP contribution is -2.26. The van der Waals surface area contributed by atoms with E-state index in [0.29, 0.717) is 119 Å². The van der Waals surface area contributed by atoms with Gasteiger partial charge in [0.15, 0.2) is 29.1 Å². The Morgan fingerprint density at radius 2 is 0.707 bits per heavy atom. The van der Waals surface area contributed by atoms with Crippen molar-refractivity contribution in [3.05, 3.63) is 361 Å². The number of rotatable bonds is 22. The van der Waals surface area contributed by atoms with Gasteiger partial charge in [0, 0.05) is 86.8 Å². The number of nitrogens with one attached hydrogen (secondary N) is 9. The van der Waals surface area contributed by atoms with E-state index in [-0.39, 0.29) is 27.8 Å². The monoisotopic (exact) mass is 1800 g/mol. The number of halogens is 1. The van der Waals surface area contributed by atoms with Crippen molar-refractivity contribution in [3.8, 4) is 74.2 Å². The maximum atomic E-state index is 12.5. The minimum atomic E-state index is -0.227. The lowest BCUT2D eigenvalue weighted by atomic mass is 10.1. The molecule has 33 nitrogen and oxygen atoms in total. The number of fused-ring (bicyclic) bond motifs is 5. The number of aryl methyl sites for hydroxylation is 6. The van der Waals surface area contributed by atoms with Crippen LogP contribution in [-0.2, 0) is 32.7 Å². The molecular weight excluding hydrogens is 1700 g/mol. The number of H-pyrrole nitrogens is 5. The highest BCUT2D eigenvalue weighted by Gasteiger charge is 2.20. The fourth-order valence-corrected chi connectivity index (χ4v) is 15.1. The van der Waals surface area contributed by atoms with Crippen molar-refractivity contribution in [3.63, 3.8) is 0 Å². The summed E-state index contributed by atoms with van der Waals surface area (Å²) >= 11 is 6.05. The molecule has 0 bridgehead atoms. The fraction of sp³-hybridized carbons (Fsp3) is 0.202. The molecule has 1 aliphatic rings. The first kappa shape index (κ1) is 90.0. The summed E-state index contributed by atoms with van der Waals surface area (Å²) in [6.07, 6.45) is 5.00. The van der Waals surface area contributed by atoms with Gasteiger partial charge < -0.3 is 35.5 Å². The van der Waals surface area contributed by atoms with Crippen LogP contribution in [0.5, 0.6) is 17.2 Å². The summed E-state index contributed by atoms with van der Waals surface area (Å²) in [5, 5.41) is 28.9. The Morgan fingerprint density at radius 3 is 1.18 bits per heavy atom. The van der Waals surface area contributed by atoms with Gasteiger partial charge in [-0.2, -0.15) is 47.5 Å². The molecule has 9 N–H and O–H groups in total. The third-order valence-corrected chi connectivity index (χ3v) is 22.3. The molecule has 0 atom stereocenters. The molecule has 34 heteroatoms. The van der Waals surface area contributed by atoms with Crippen LogP contribution in [-0.4, -0.2) is 137 Å². The van der Waals surface area contributed by atoms with E-state index in [1.165, 1.54) is 83.7 Å². The zero-order valence-corrected chi connectivity index (χ0v) is 75.4. The van der Waals surface area contributed by atoms with Gasteiger partial charge in [0.1, 0.15) is 17.2 Å². The van der Waals surface area contributed by atoms with E-state index >= 15 is 0 Å². The minimum absolute atomic E-state index is 0.132. The Hall–Kier alpha value is -16.4. The molecule has 0 saturated carbocycles. The Morgan fingerprint density at radius 1 is 0.316 bits per heavy atom. The van der Waals surface area contributed by atoms with Gasteiger partial charge in [0.2, 0.25) is 0 Å². The number of para-hydroxylation sites is 1. The minimum Gasteiger partial charge on any atom is -0.497 e. The summed E-state index contributed by atoms with van der Waals surface area (Å²) in [6, 6.07) is 75.6. The topological polar surface area (TPSA) is 394 Å². The Balaban J connectivity index is 0.000000121. The quantitative estimate of drug-likeness (QED) is 0.0304. The maximum absolute atomic E-state index is 12.5. The zero-order valence-electron chi connectivity index (χ0n) is 74.7. The van der Waals surface area contributed by atoms with Gasteiger partial charge in [-0.05, 0) is 186 Å². The van der Waals surface area contributed by atoms with Crippen molar-refractivity contribution in [1.82, 2.24) is 103 Å². The molecule has 0 spiro atoms. The summed E-state index contributed by atoms with van der Waals surface area (Å²) in [5.74, 6) is 7.11. The van der Waals surface area contributed by atoms with Crippen LogP contribution in [0.2, 0.25) is 5.02 Å². The summed E-state index contributed by atoms with van der Waals surface area (Å²) in [7, 11) is 4.87. The van der Waals surface area contributed by atoms with Gasteiger partial charge in [0.05, 0.1) is 81.7 Å². The average Bonchev–Trinajstić information content (AvgIpc) is 1.58. The highest BCUT2D eigenvalue weighted by Crippen LogP contribution is 2.29. The van der Waals surface area contributed by atoms with Crippen molar-refractivity contribution in [1.29, 1.82) is 0 Å². The predicted octanol–water partition coefficient (Wildman–Crippen LogP) is 15.8. The lowest BCUT2D eigenvalue weighted by molar-refractivity contribution is 0.273. The van der Waals surface area contributed by atoms with E-state index in [2.05, 4.69) is 102 Å². The van der Waals surface area contributed by atoms with Gasteiger partial charge in [-0.3, -0.25) is 54.4 Å². The molecule has 0 unspecified atom stereocenters. The first-order valence-electron chi connectivity index (χ1n) is 43.2. The molecule has 1 aliphatic heterocycles. The molecule has 0 aliphatic carbocycles. The average molecular weight is 1800 g/mol. The van der Waals surface area contributed by atoms with Crippen molar-refractivity contribution in [2.75, 3.05) is 55.7 Å². The van der Waals surface area contributed by atoms with Gasteiger partial charge in [-0.1, -0.05) is 151 Å². The number of hydrogen-bond donors (Lipinski definition) is 9. The molecule has 20 rings (SSSR count). The van der Waals surface area contributed by atoms with Gasteiger partial charge >= 0.3 is 0 Å². The van der Waals surface area contributed by atoms with Crippen molar-refractivity contribution >= 4 is 63.2 Å². The van der Waals surface area contributed by atoms with Gasteiger partial charge in [0.25, 0.3) is 56.7 Å². The van der Waals surface area contributed by atoms with Crippen LogP contribution in [0.4, 0.5) is 22.7 Å². The second-order valence-corrected chi connectivity index (χ2v) is 32.4. The van der Waals surface area contributed by atoms with Crippen LogP contribution >= 0.6 is 11.6 Å². The zero-order chi connectivity index (χ0) is 92.6. The number of aromatic amines is 5. The van der Waals surface area contributed by atoms with Crippen molar-refractivity contribution in [2.24, 2.45) is 0 Å². The standard InChI is InChI=1S/C21H21N5O3.C20H18ClN5O.C20H19N5O.C19H23N5O2.C19H17N5O/c1-13-4-9-18(29-3)17(10-13)22-12-15-11-19(27)26-21(23-15)24-20(25-26)14-5-7-16(28-2)8-6-14;1-12-5-3-4-6-16(12)19-24-20-23-15(10-18(27)26(20)25-19)11-22-17-9-14(21)8-7-13(17)2;1-13-7-9-15(10-8-13)19-23-20-22-16(11-18(26)25(20)24-19)12-21-17-6-4-3-5-14(17)2;1-26-16-8-6-14(7-9-16)18-21-19-20-15(12-17(25)24(19)22-18)13-23-10-4-2-3-5-11-23;1-13-6-5-9-15(10-13)20-12-16-11-17(25)24-19(21-16)22-18(23-24)14-7-3-2-4-8-14/h4-11,22H,12H2,1-3H3,(H,23,24,25);3-10,22H,11H2,1-2H3,(H,23,24,25);3-11,21H,12H2,1-2H3,(H,22,23,24);6-9,12H,2-5,10-11,13H2,1H3,(H,20,21,22);2-11,20H,12H2,1H3,(H,21,22,23). The number of aromatic nitrogens is 20. The van der Waals surface area contributed by atoms with E-state index in [9.17, 15) is 24.0 Å². The molecule has 0 radical (unpaired) electrons. The summed E-state index contributed by atoms with van der Waals surface area (Å²) in [4.78, 5) is 110. The van der Waals surface area contributed by atoms with Crippen LogP contribution in [0.15, 0.2) is 267 Å². The Labute approximate surface area is 767 Å². The highest BCUT2D eigenvalue weighted by molar-refractivity contribution is 6.30. The molecule has 11 heterocycles. The molecule has 10 aromatic heterocycles. The number of likely N-dealkylation sites (tertiary alicyclic amines) is 1. The van der Waals surface area contributed by atoms with E-state index in [0.717, 1.165) is 109 Å². The van der Waals surface area contributed by atoms with Crippen LogP contribution in [0.3, 0.4) is 0 Å². The third-order valence-electron chi connectivity index (χ3n) is 22.1. The molecular formula is C99H98ClN25O8. The van der Waals surface area contributed by atoms with Crippen LogP contribution in [0, 0.1) is 41.5 Å². The Kier molecular flexibility index (Phi) is 28.0. The lowest BCUT2D eigenvalue weighted by Gasteiger charge is -2.18. The first-order chi connectivity index (χ1) is 64.6. The Bertz CT molecular complexity index is 7640. The molecule has 9 aromatic carbocycles. The molecule has 19 aromatic rings. The SMILES string of the molecule is COc1ccc(-c2nc3nc(CN4CCCCCC4)cc(=O)n3[nH]2)cc1.COc1ccc(-c2nc3nc(CNc4cc(C)ccc4OC)cc(=O)n3[nH]2)cc1.Cc1ccc(-c2nc3nc(CNc4ccccc4C)cc(=O)n3[nH]2)cc1.Cc1ccc(Cl)cc1NCc1cc(=O)n2[nH]c(-c3ccccc3C)nc2n1.Cc1cccc(NCc2cc(=O)n3[nH]c(-c4ccccc4)nc3n2)c1. The third kappa shape index (κ3) is 22.3. The fourth-order valence-electron chi connectivity index (χ4n) is 14.9. The first-order valence-corrected chi connectivity index (χ1v) is 43.6. The van der Waals surface area contributed by atoms with E-state index in [4.69, 9.17) is 25.8 Å². The smallest absolute Gasteiger partial charge is 0.274 e. The van der Waals surface area contributed by atoms with E-state index < -0.39 is 0 Å². The number of benzene rings is 9. The molecule has 1 saturated heterocycles. The van der Waals surface area contributed by atoms with Crippen LogP contribution < -0.4 is 63.3 Å². The molecule has 133 heavy (non-hydrogen) atoms. The predicted molar refractivity (Wildman–Crippen MR) is 517 cm³/mol. The summed E-state index contributed by atoms with van der Waals surface area (Å²) in [5.41, 5.74) is 17.4. The molecule has 674 valence electrons. The largest absolute Gasteiger partial charge is 0.497 e. The number of methoxy groups -OCH3 is 3. The van der Waals surface area contributed by atoms with Crippen molar-refractivity contribution in [2.45, 2.75) is 99.9 Å². The maximum Gasteiger partial charge on any atom is 0.274 e. The van der Waals surface area contributed by atoms with Gasteiger partial charge in [-0.25, -0.2) is 24.9 Å². The van der Waals surface area contributed by atoms with Gasteiger partial charge in [-0.15, -0.1) is 0 Å². The number of ether oxygens (including phenoxy) is 3. The summed E-state index contributed by atoms with van der Waals surface area (Å²) < 4.78 is 22.5. The number of hydrogen-bond acceptors (Lipinski definition) is 23. The second-order valence-electron chi connectivity index (χ2n) is 31.9. The number of nitrogens with zero attached hydrogens (tertiary/aromatic N) is 16. The van der Waals surface area contributed by atoms with Crippen LogP contribution in [0.1, 0.15) is 87.5 Å². The molecule has 1 fully saturated rings. The van der Waals surface area contributed by atoms with Crippen LogP contribution in [0.25, 0.3) is 85.8 Å². The number of anilines is 4. The van der Waals surface area contributed by atoms with Crippen molar-refractivity contribution < 1.29 is 14.2 Å². The van der Waals surface area contributed by atoms with E-state index in [1.807, 2.05) is 254 Å².